The molecule has 0 radical (unpaired) electrons. The summed E-state index contributed by atoms with van der Waals surface area (Å²) in [4.78, 5) is 32.9. The second kappa shape index (κ2) is 7.34. The van der Waals surface area contributed by atoms with Crippen LogP contribution in [0.1, 0.15) is 35.1 Å². The molecule has 1 aromatic carbocycles. The van der Waals surface area contributed by atoms with Crippen molar-refractivity contribution in [2.45, 2.75) is 37.9 Å². The third-order valence-electron chi connectivity index (χ3n) is 4.40. The zero-order chi connectivity index (χ0) is 19.8. The number of H-pyrrole nitrogens is 1. The summed E-state index contributed by atoms with van der Waals surface area (Å²) in [6.45, 7) is 2.08. The van der Waals surface area contributed by atoms with Crippen LogP contribution in [-0.4, -0.2) is 32.7 Å². The second-order valence-corrected chi connectivity index (χ2v) is 7.09. The molecule has 5 nitrogen and oxygen atoms in total. The number of nitrogens with one attached hydrogen (secondary N) is 1. The predicted molar refractivity (Wildman–Crippen MR) is 93.5 cm³/mol. The monoisotopic (exact) mass is 399 g/mol. The molecular weight excluding hydrogens is 383 g/mol. The molecular formula is C18H17ClF3N3O2. The van der Waals surface area contributed by atoms with Crippen LogP contribution in [0.2, 0.25) is 0 Å². The molecule has 0 spiro atoms. The zero-order valence-electron chi connectivity index (χ0n) is 14.4. The molecule has 1 aliphatic heterocycles. The van der Waals surface area contributed by atoms with Gasteiger partial charge >= 0.3 is 6.18 Å². The molecule has 0 fully saturated rings. The Morgan fingerprint density at radius 3 is 2.81 bits per heavy atom. The van der Waals surface area contributed by atoms with E-state index in [1.54, 1.807) is 13.0 Å². The van der Waals surface area contributed by atoms with Gasteiger partial charge in [-0.1, -0.05) is 18.2 Å². The van der Waals surface area contributed by atoms with Crippen LogP contribution in [0.15, 0.2) is 29.1 Å². The lowest BCUT2D eigenvalue weighted by Gasteiger charge is -2.28. The normalized spacial score (nSPS) is 15.4. The van der Waals surface area contributed by atoms with Crippen LogP contribution in [0.3, 0.4) is 0 Å². The maximum absolute atomic E-state index is 12.8. The molecule has 1 N–H and O–H groups in total. The molecule has 0 unspecified atom stereocenters. The Labute approximate surface area is 158 Å². The van der Waals surface area contributed by atoms with Gasteiger partial charge in [0.1, 0.15) is 11.2 Å². The number of rotatable bonds is 3. The molecule has 2 aromatic rings. The summed E-state index contributed by atoms with van der Waals surface area (Å²) in [5.74, 6) is 0.0401. The van der Waals surface area contributed by atoms with E-state index in [1.165, 1.54) is 11.0 Å². The van der Waals surface area contributed by atoms with Crippen molar-refractivity contribution in [3.8, 4) is 0 Å². The second-order valence-electron chi connectivity index (χ2n) is 6.44. The van der Waals surface area contributed by atoms with Gasteiger partial charge in [0.2, 0.25) is 5.91 Å². The van der Waals surface area contributed by atoms with Crippen LogP contribution in [0.25, 0.3) is 0 Å². The maximum Gasteiger partial charge on any atom is 0.416 e. The number of benzene rings is 1. The zero-order valence-corrected chi connectivity index (χ0v) is 15.2. The minimum Gasteiger partial charge on any atom is -0.336 e. The highest BCUT2D eigenvalue weighted by Gasteiger charge is 2.30. The highest BCUT2D eigenvalue weighted by molar-refractivity contribution is 6.30. The van der Waals surface area contributed by atoms with E-state index >= 15 is 0 Å². The smallest absolute Gasteiger partial charge is 0.336 e. The Kier molecular flexibility index (Phi) is 5.28. The summed E-state index contributed by atoms with van der Waals surface area (Å²) in [6, 6.07) is 4.92. The minimum absolute atomic E-state index is 0.0772. The van der Waals surface area contributed by atoms with Crippen molar-refractivity contribution in [1.82, 2.24) is 14.9 Å². The molecule has 0 saturated heterocycles. The Balaban J connectivity index is 1.84. The van der Waals surface area contributed by atoms with Gasteiger partial charge in [0.05, 0.1) is 23.4 Å². The number of carbonyl (C=O) groups excluding carboxylic acids is 1. The van der Waals surface area contributed by atoms with Crippen molar-refractivity contribution in [2.75, 3.05) is 6.54 Å². The first-order valence-electron chi connectivity index (χ1n) is 8.35. The molecule has 2 heterocycles. The summed E-state index contributed by atoms with van der Waals surface area (Å²) in [5.41, 5.74) is 0.217. The minimum atomic E-state index is -4.43. The molecule has 1 aromatic heterocycles. The molecule has 0 aliphatic carbocycles. The number of aromatic nitrogens is 2. The van der Waals surface area contributed by atoms with Crippen molar-refractivity contribution >= 4 is 17.5 Å². The van der Waals surface area contributed by atoms with Crippen LogP contribution in [0, 0.1) is 0 Å². The first kappa shape index (κ1) is 19.4. The fourth-order valence-corrected chi connectivity index (χ4v) is 3.19. The number of carbonyl (C=O) groups is 1. The van der Waals surface area contributed by atoms with E-state index in [9.17, 15) is 22.8 Å². The average Bonchev–Trinajstić information content (AvgIpc) is 2.60. The molecule has 0 saturated carbocycles. The van der Waals surface area contributed by atoms with Crippen LogP contribution < -0.4 is 5.56 Å². The lowest BCUT2D eigenvalue weighted by molar-refractivity contribution is -0.137. The third kappa shape index (κ3) is 4.32. The first-order valence-corrected chi connectivity index (χ1v) is 8.78. The van der Waals surface area contributed by atoms with Crippen molar-refractivity contribution in [3.63, 3.8) is 0 Å². The Morgan fingerprint density at radius 1 is 1.41 bits per heavy atom. The number of fused-ring (bicyclic) bond motifs is 1. The summed E-state index contributed by atoms with van der Waals surface area (Å²) >= 11 is 5.82. The van der Waals surface area contributed by atoms with Crippen molar-refractivity contribution < 1.29 is 18.0 Å². The Morgan fingerprint density at radius 2 is 2.15 bits per heavy atom. The van der Waals surface area contributed by atoms with E-state index < -0.39 is 17.1 Å². The van der Waals surface area contributed by atoms with Gasteiger partial charge in [-0.15, -0.1) is 11.6 Å². The number of nitrogens with zero attached hydrogens (tertiary/aromatic N) is 2. The van der Waals surface area contributed by atoms with Gasteiger partial charge in [0.15, 0.2) is 0 Å². The highest BCUT2D eigenvalue weighted by Crippen LogP contribution is 2.29. The first-order chi connectivity index (χ1) is 12.6. The Hall–Kier alpha value is -2.35. The van der Waals surface area contributed by atoms with E-state index in [0.717, 1.165) is 12.1 Å². The molecule has 3 rings (SSSR count). The Bertz CT molecular complexity index is 925. The standard InChI is InChI=1S/C18H17ClF3N3O2/c1-10(19)17(27)25-6-5-14-13(9-25)16(26)24-15(23-14)8-11-3-2-4-12(7-11)18(20,21)22/h2-4,7,10H,5-6,8-9H2,1H3,(H,23,24,26)/t10-/m0/s1. The fraction of sp³-hybridized carbons (Fsp3) is 0.389. The van der Waals surface area contributed by atoms with Crippen molar-refractivity contribution in [3.05, 3.63) is 62.8 Å². The lowest BCUT2D eigenvalue weighted by Crippen LogP contribution is -2.42. The number of amides is 1. The number of alkyl halides is 4. The number of aromatic amines is 1. The van der Waals surface area contributed by atoms with Crippen molar-refractivity contribution in [2.24, 2.45) is 0 Å². The van der Waals surface area contributed by atoms with Gasteiger partial charge in [0.25, 0.3) is 5.56 Å². The van der Waals surface area contributed by atoms with Gasteiger partial charge in [-0.3, -0.25) is 9.59 Å². The highest BCUT2D eigenvalue weighted by atomic mass is 35.5. The summed E-state index contributed by atoms with van der Waals surface area (Å²) < 4.78 is 38.5. The molecule has 0 bridgehead atoms. The van der Waals surface area contributed by atoms with E-state index in [0.29, 0.717) is 35.6 Å². The van der Waals surface area contributed by atoms with E-state index in [4.69, 9.17) is 11.6 Å². The third-order valence-corrected chi connectivity index (χ3v) is 4.58. The molecule has 144 valence electrons. The molecule has 27 heavy (non-hydrogen) atoms. The van der Waals surface area contributed by atoms with Gasteiger partial charge in [-0.2, -0.15) is 13.2 Å². The molecule has 1 aliphatic rings. The maximum atomic E-state index is 12.8. The molecule has 1 amide bonds. The number of halogens is 4. The van der Waals surface area contributed by atoms with Gasteiger partial charge in [0, 0.05) is 19.4 Å². The van der Waals surface area contributed by atoms with Crippen LogP contribution in [-0.2, 0) is 30.4 Å². The predicted octanol–water partition coefficient (Wildman–Crippen LogP) is 2.89. The number of hydrogen-bond donors (Lipinski definition) is 1. The van der Waals surface area contributed by atoms with E-state index in [1.807, 2.05) is 0 Å². The summed E-state index contributed by atoms with van der Waals surface area (Å²) in [6.07, 6.45) is -3.96. The lowest BCUT2D eigenvalue weighted by atomic mass is 10.0. The van der Waals surface area contributed by atoms with Gasteiger partial charge < -0.3 is 9.88 Å². The van der Waals surface area contributed by atoms with E-state index in [2.05, 4.69) is 9.97 Å². The van der Waals surface area contributed by atoms with E-state index in [-0.39, 0.29) is 24.4 Å². The van der Waals surface area contributed by atoms with Crippen molar-refractivity contribution in [1.29, 1.82) is 0 Å². The fourth-order valence-electron chi connectivity index (χ4n) is 3.05. The summed E-state index contributed by atoms with van der Waals surface area (Å²) in [5, 5.41) is -0.682. The van der Waals surface area contributed by atoms with Gasteiger partial charge in [-0.25, -0.2) is 4.98 Å². The molecule has 9 heteroatoms. The topological polar surface area (TPSA) is 66.1 Å². The number of hydrogen-bond acceptors (Lipinski definition) is 3. The quantitative estimate of drug-likeness (QED) is 0.807. The average molecular weight is 400 g/mol. The van der Waals surface area contributed by atoms with Crippen LogP contribution >= 0.6 is 11.6 Å². The molecule has 1 atom stereocenters. The SMILES string of the molecule is C[C@H](Cl)C(=O)N1CCc2nc(Cc3cccc(C(F)(F)F)c3)[nH]c(=O)c2C1. The summed E-state index contributed by atoms with van der Waals surface area (Å²) in [7, 11) is 0. The van der Waals surface area contributed by atoms with Gasteiger partial charge in [-0.05, 0) is 18.6 Å². The van der Waals surface area contributed by atoms with Crippen LogP contribution in [0.4, 0.5) is 13.2 Å². The van der Waals surface area contributed by atoms with Crippen LogP contribution in [0.5, 0.6) is 0 Å². The largest absolute Gasteiger partial charge is 0.416 e.